The van der Waals surface area contributed by atoms with Crippen LogP contribution in [0.15, 0.2) is 24.5 Å². The second-order valence-electron chi connectivity index (χ2n) is 1.28. The molecule has 0 bridgehead atoms. The molecule has 0 atom stereocenters. The monoisotopic (exact) mass is 252 g/mol. The van der Waals surface area contributed by atoms with Gasteiger partial charge in [-0.25, -0.2) is 0 Å². The highest BCUT2D eigenvalue weighted by molar-refractivity contribution is 9.93. The molecule has 1 aromatic rings. The lowest BCUT2D eigenvalue weighted by atomic mass is 10.4. The minimum absolute atomic E-state index is 0.759. The van der Waals surface area contributed by atoms with Crippen LogP contribution in [0.3, 0.4) is 0 Å². The summed E-state index contributed by atoms with van der Waals surface area (Å²) in [6.07, 6.45) is 3.32. The summed E-state index contributed by atoms with van der Waals surface area (Å²) in [5.74, 6) is 0. The molecule has 1 aromatic heterocycles. The van der Waals surface area contributed by atoms with Gasteiger partial charge < -0.3 is 5.73 Å². The van der Waals surface area contributed by atoms with E-state index >= 15 is 0 Å². The smallest absolute Gasteiger partial charge is 0.0344 e. The predicted molar refractivity (Wildman–Crippen MR) is 46.5 cm³/mol. The van der Waals surface area contributed by atoms with Crippen LogP contribution in [-0.4, -0.2) is 4.98 Å². The Kier molecular flexibility index (Phi) is 5.98. The third kappa shape index (κ3) is 4.42. The third-order valence-electron chi connectivity index (χ3n) is 0.706. The van der Waals surface area contributed by atoms with Crippen LogP contribution >= 0.6 is 28.3 Å². The Balaban J connectivity index is 0.000000291. The average molecular weight is 254 g/mol. The summed E-state index contributed by atoms with van der Waals surface area (Å²) in [4.78, 5) is 3.77. The molecule has 0 saturated heterocycles. The minimum Gasteiger partial charge on any atom is -0.399 e. The molecule has 1 rings (SSSR count). The van der Waals surface area contributed by atoms with Gasteiger partial charge in [0.1, 0.15) is 0 Å². The van der Waals surface area contributed by atoms with Crippen molar-refractivity contribution < 1.29 is 0 Å². The molecule has 4 heteroatoms. The Morgan fingerprint density at radius 1 is 1.22 bits per heavy atom. The molecule has 0 aromatic carbocycles. The fourth-order valence-corrected chi connectivity index (χ4v) is 0.363. The molecular weight excluding hydrogens is 248 g/mol. The van der Waals surface area contributed by atoms with Gasteiger partial charge in [-0.1, -0.05) is 0 Å². The molecule has 0 saturated carbocycles. The number of nitrogens with zero attached hydrogens (tertiary/aromatic N) is 1. The molecule has 2 nitrogen and oxygen atoms in total. The Morgan fingerprint density at radius 3 is 1.89 bits per heavy atom. The molecule has 50 valence electrons. The fraction of sp³-hybridized carbons (Fsp3) is 0. The van der Waals surface area contributed by atoms with Crippen molar-refractivity contribution in [3.63, 3.8) is 0 Å². The number of anilines is 1. The minimum atomic E-state index is 0.759. The van der Waals surface area contributed by atoms with Crippen LogP contribution in [0.4, 0.5) is 5.69 Å². The molecular formula is C5H6Br2N2. The van der Waals surface area contributed by atoms with E-state index in [4.69, 9.17) is 5.73 Å². The standard InChI is InChI=1S/C5H6N2.Br2/c6-5-1-3-7-4-2-5;1-2/h1-4H,(H2,6,7);. The highest BCUT2D eigenvalue weighted by atomic mass is 80.9. The SMILES string of the molecule is BrBr.Nc1ccncc1. The summed E-state index contributed by atoms with van der Waals surface area (Å²) < 4.78 is 0. The first-order chi connectivity index (χ1) is 4.39. The second kappa shape index (κ2) is 6.04. The van der Waals surface area contributed by atoms with Crippen LogP contribution in [-0.2, 0) is 0 Å². The van der Waals surface area contributed by atoms with Gasteiger partial charge in [-0.05, 0) is 12.1 Å². The highest BCUT2D eigenvalue weighted by Crippen LogP contribution is 1.92. The van der Waals surface area contributed by atoms with Crippen molar-refractivity contribution in [3.8, 4) is 0 Å². The topological polar surface area (TPSA) is 38.9 Å². The van der Waals surface area contributed by atoms with E-state index < -0.39 is 0 Å². The van der Waals surface area contributed by atoms with Crippen LogP contribution in [0.2, 0.25) is 0 Å². The summed E-state index contributed by atoms with van der Waals surface area (Å²) in [5.41, 5.74) is 6.08. The molecule has 0 fully saturated rings. The number of nitrogens with two attached hydrogens (primary N) is 1. The zero-order valence-electron chi connectivity index (χ0n) is 4.59. The molecule has 9 heavy (non-hydrogen) atoms. The zero-order valence-corrected chi connectivity index (χ0v) is 7.76. The first-order valence-electron chi connectivity index (χ1n) is 2.19. The average Bonchev–Trinajstić information content (AvgIpc) is 1.94. The van der Waals surface area contributed by atoms with Gasteiger partial charge in [-0.2, -0.15) is 0 Å². The predicted octanol–water partition coefficient (Wildman–Crippen LogP) is 2.35. The number of nitrogen functional groups attached to an aromatic ring is 1. The Bertz CT molecular complexity index is 143. The van der Waals surface area contributed by atoms with E-state index in [1.54, 1.807) is 24.5 Å². The van der Waals surface area contributed by atoms with Crippen LogP contribution in [0.1, 0.15) is 0 Å². The summed E-state index contributed by atoms with van der Waals surface area (Å²) in [5, 5.41) is 0. The van der Waals surface area contributed by atoms with Gasteiger partial charge in [0, 0.05) is 46.3 Å². The first-order valence-corrected chi connectivity index (χ1v) is 5.91. The quantitative estimate of drug-likeness (QED) is 0.771. The van der Waals surface area contributed by atoms with Gasteiger partial charge in [-0.15, -0.1) is 0 Å². The van der Waals surface area contributed by atoms with Crippen molar-refractivity contribution in [1.82, 2.24) is 4.98 Å². The fourth-order valence-electron chi connectivity index (χ4n) is 0.363. The van der Waals surface area contributed by atoms with Crippen LogP contribution in [0.5, 0.6) is 0 Å². The largest absolute Gasteiger partial charge is 0.399 e. The molecule has 0 aliphatic heterocycles. The van der Waals surface area contributed by atoms with Gasteiger partial charge in [0.05, 0.1) is 0 Å². The molecule has 2 N–H and O–H groups in total. The van der Waals surface area contributed by atoms with E-state index in [1.807, 2.05) is 0 Å². The molecule has 0 amide bonds. The summed E-state index contributed by atoms with van der Waals surface area (Å²) in [7, 11) is 0. The van der Waals surface area contributed by atoms with Gasteiger partial charge in [0.15, 0.2) is 0 Å². The van der Waals surface area contributed by atoms with Gasteiger partial charge in [0.25, 0.3) is 0 Å². The van der Waals surface area contributed by atoms with Crippen molar-refractivity contribution in [2.45, 2.75) is 0 Å². The number of aromatic nitrogens is 1. The maximum absolute atomic E-state index is 5.32. The van der Waals surface area contributed by atoms with Crippen molar-refractivity contribution in [1.29, 1.82) is 0 Å². The summed E-state index contributed by atoms with van der Waals surface area (Å²) in [6, 6.07) is 3.50. The molecule has 1 heterocycles. The van der Waals surface area contributed by atoms with Crippen molar-refractivity contribution in [3.05, 3.63) is 24.5 Å². The van der Waals surface area contributed by atoms with Gasteiger partial charge >= 0.3 is 0 Å². The van der Waals surface area contributed by atoms with E-state index in [9.17, 15) is 0 Å². The lowest BCUT2D eigenvalue weighted by molar-refractivity contribution is 1.33. The van der Waals surface area contributed by atoms with E-state index in [2.05, 4.69) is 33.2 Å². The molecule has 0 unspecified atom stereocenters. The normalized spacial score (nSPS) is 7.33. The van der Waals surface area contributed by atoms with Crippen LogP contribution in [0.25, 0.3) is 0 Å². The van der Waals surface area contributed by atoms with E-state index in [0.717, 1.165) is 5.69 Å². The van der Waals surface area contributed by atoms with Crippen molar-refractivity contribution in [2.75, 3.05) is 5.73 Å². The van der Waals surface area contributed by atoms with Crippen LogP contribution < -0.4 is 5.73 Å². The Morgan fingerprint density at radius 2 is 1.67 bits per heavy atom. The second-order valence-corrected chi connectivity index (χ2v) is 1.28. The molecule has 0 aliphatic carbocycles. The lowest BCUT2D eigenvalue weighted by Crippen LogP contribution is -1.81. The first kappa shape index (κ1) is 8.91. The summed E-state index contributed by atoms with van der Waals surface area (Å²) in [6.45, 7) is 0. The number of hydrogen-bond acceptors (Lipinski definition) is 2. The Hall–Kier alpha value is -0.0900. The van der Waals surface area contributed by atoms with E-state index in [1.165, 1.54) is 0 Å². The molecule has 0 aliphatic rings. The van der Waals surface area contributed by atoms with Crippen LogP contribution in [0, 0.1) is 0 Å². The van der Waals surface area contributed by atoms with E-state index in [-0.39, 0.29) is 0 Å². The number of hydrogen-bond donors (Lipinski definition) is 1. The number of pyridine rings is 1. The third-order valence-corrected chi connectivity index (χ3v) is 0.706. The zero-order chi connectivity index (χ0) is 7.11. The number of halogens is 2. The molecule has 0 radical (unpaired) electrons. The Labute approximate surface area is 69.3 Å². The summed E-state index contributed by atoms with van der Waals surface area (Å²) >= 11 is 5.50. The van der Waals surface area contributed by atoms with Gasteiger partial charge in [-0.3, -0.25) is 4.98 Å². The maximum atomic E-state index is 5.32. The van der Waals surface area contributed by atoms with Crippen molar-refractivity contribution in [2.24, 2.45) is 0 Å². The highest BCUT2D eigenvalue weighted by Gasteiger charge is 1.73. The number of rotatable bonds is 0. The lowest BCUT2D eigenvalue weighted by Gasteiger charge is -1.83. The van der Waals surface area contributed by atoms with Gasteiger partial charge in [0.2, 0.25) is 0 Å². The maximum Gasteiger partial charge on any atom is 0.0344 e. The van der Waals surface area contributed by atoms with Crippen molar-refractivity contribution >= 4 is 33.9 Å². The van der Waals surface area contributed by atoms with E-state index in [0.29, 0.717) is 0 Å². The molecule has 0 spiro atoms.